The van der Waals surface area contributed by atoms with Gasteiger partial charge in [0.2, 0.25) is 0 Å². The molecule has 1 heterocycles. The Morgan fingerprint density at radius 2 is 1.90 bits per heavy atom. The Labute approximate surface area is 180 Å². The summed E-state index contributed by atoms with van der Waals surface area (Å²) in [6.45, 7) is 3.81. The molecule has 1 amide bonds. The molecule has 0 unspecified atom stereocenters. The van der Waals surface area contributed by atoms with Crippen LogP contribution in [0, 0.1) is 0 Å². The second-order valence-corrected chi connectivity index (χ2v) is 9.50. The van der Waals surface area contributed by atoms with Crippen molar-refractivity contribution in [3.63, 3.8) is 0 Å². The summed E-state index contributed by atoms with van der Waals surface area (Å²) in [5.41, 5.74) is 1.98. The number of imidazole rings is 1. The first kappa shape index (κ1) is 20.0. The number of amides is 1. The van der Waals surface area contributed by atoms with Gasteiger partial charge in [0.25, 0.3) is 5.91 Å². The number of nitrogens with one attached hydrogen (secondary N) is 1. The smallest absolute Gasteiger partial charge is 0.263 e. The zero-order valence-electron chi connectivity index (χ0n) is 16.6. The number of rotatable bonds is 6. The van der Waals surface area contributed by atoms with Crippen LogP contribution in [0.2, 0.25) is 0 Å². The lowest BCUT2D eigenvalue weighted by atomic mass is 10.1. The molecule has 152 valence electrons. The van der Waals surface area contributed by atoms with Crippen LogP contribution in [0.1, 0.15) is 37.6 Å². The van der Waals surface area contributed by atoms with Crippen LogP contribution in [0.15, 0.2) is 48.5 Å². The second kappa shape index (κ2) is 7.22. The number of fused-ring (bicyclic) bond motifs is 1. The number of aryl methyl sites for hydroxylation is 1. The molecule has 4 rings (SSSR count). The van der Waals surface area contributed by atoms with Crippen molar-refractivity contribution in [2.45, 2.75) is 42.7 Å². The number of carbonyl (C=O) groups excluding carboxylic acids is 1. The normalized spacial score (nSPS) is 17.9. The summed E-state index contributed by atoms with van der Waals surface area (Å²) in [5.74, 6) is 1.35. The summed E-state index contributed by atoms with van der Waals surface area (Å²) in [5, 5.41) is 2.93. The quantitative estimate of drug-likeness (QED) is 0.574. The van der Waals surface area contributed by atoms with Crippen LogP contribution in [0.4, 0.5) is 0 Å². The summed E-state index contributed by atoms with van der Waals surface area (Å²) >= 11 is 12.3. The van der Waals surface area contributed by atoms with Crippen LogP contribution in [0.5, 0.6) is 5.75 Å². The lowest BCUT2D eigenvalue weighted by Gasteiger charge is -2.25. The van der Waals surface area contributed by atoms with Crippen molar-refractivity contribution in [1.29, 1.82) is 0 Å². The van der Waals surface area contributed by atoms with Crippen molar-refractivity contribution in [2.75, 3.05) is 0 Å². The summed E-state index contributed by atoms with van der Waals surface area (Å²) in [6, 6.07) is 15.5. The third-order valence-corrected chi connectivity index (χ3v) is 6.15. The largest absolute Gasteiger partial charge is 0.478 e. The lowest BCUT2D eigenvalue weighted by molar-refractivity contribution is -0.134. The number of hydrogen-bond donors (Lipinski definition) is 1. The van der Waals surface area contributed by atoms with Crippen LogP contribution in [-0.2, 0) is 18.4 Å². The monoisotopic (exact) mass is 431 g/mol. The zero-order chi connectivity index (χ0) is 20.8. The molecule has 1 fully saturated rings. The molecule has 7 heteroatoms. The van der Waals surface area contributed by atoms with Crippen molar-refractivity contribution in [1.82, 2.24) is 14.9 Å². The van der Waals surface area contributed by atoms with Crippen LogP contribution in [-0.4, -0.2) is 25.4 Å². The number of hydrogen-bond acceptors (Lipinski definition) is 3. The van der Waals surface area contributed by atoms with Gasteiger partial charge in [-0.15, -0.1) is 23.2 Å². The van der Waals surface area contributed by atoms with E-state index in [0.717, 1.165) is 28.8 Å². The zero-order valence-corrected chi connectivity index (χ0v) is 18.1. The van der Waals surface area contributed by atoms with Crippen molar-refractivity contribution >= 4 is 40.1 Å². The average molecular weight is 432 g/mol. The fraction of sp³-hybridized carbons (Fsp3) is 0.364. The van der Waals surface area contributed by atoms with Gasteiger partial charge in [-0.25, -0.2) is 4.98 Å². The van der Waals surface area contributed by atoms with E-state index in [1.807, 2.05) is 60.1 Å². The van der Waals surface area contributed by atoms with E-state index in [1.165, 1.54) is 0 Å². The van der Waals surface area contributed by atoms with E-state index in [-0.39, 0.29) is 11.8 Å². The minimum atomic E-state index is -1.03. The maximum atomic E-state index is 12.7. The molecule has 1 N–H and O–H groups in total. The average Bonchev–Trinajstić information content (AvgIpc) is 3.20. The molecule has 1 aliphatic rings. The number of benzene rings is 2. The van der Waals surface area contributed by atoms with Gasteiger partial charge >= 0.3 is 0 Å². The predicted molar refractivity (Wildman–Crippen MR) is 116 cm³/mol. The number of carbonyl (C=O) groups is 1. The highest BCUT2D eigenvalue weighted by molar-refractivity contribution is 6.51. The Hall–Kier alpha value is -2.24. The van der Waals surface area contributed by atoms with Crippen molar-refractivity contribution < 1.29 is 9.53 Å². The number of alkyl halides is 2. The topological polar surface area (TPSA) is 56.2 Å². The van der Waals surface area contributed by atoms with E-state index in [1.54, 1.807) is 13.8 Å². The van der Waals surface area contributed by atoms with Gasteiger partial charge < -0.3 is 14.6 Å². The maximum Gasteiger partial charge on any atom is 0.263 e. The number of aromatic nitrogens is 2. The summed E-state index contributed by atoms with van der Waals surface area (Å²) in [7, 11) is 1.94. The highest BCUT2D eigenvalue weighted by Crippen LogP contribution is 2.59. The van der Waals surface area contributed by atoms with Gasteiger partial charge in [0.15, 0.2) is 5.60 Å². The fourth-order valence-corrected chi connectivity index (χ4v) is 3.97. The van der Waals surface area contributed by atoms with Crippen LogP contribution in [0.25, 0.3) is 11.0 Å². The first-order chi connectivity index (χ1) is 13.7. The van der Waals surface area contributed by atoms with Crippen LogP contribution < -0.4 is 10.1 Å². The van der Waals surface area contributed by atoms with E-state index in [4.69, 9.17) is 27.9 Å². The van der Waals surface area contributed by atoms with Crippen molar-refractivity contribution in [3.8, 4) is 5.75 Å². The van der Waals surface area contributed by atoms with Crippen LogP contribution >= 0.6 is 23.2 Å². The Balaban J connectivity index is 1.39. The first-order valence-electron chi connectivity index (χ1n) is 9.53. The number of halogens is 2. The van der Waals surface area contributed by atoms with Gasteiger partial charge in [0.05, 0.1) is 17.6 Å². The Kier molecular flexibility index (Phi) is 4.99. The molecule has 1 aliphatic carbocycles. The maximum absolute atomic E-state index is 12.7. The number of ether oxygens (including phenoxy) is 1. The van der Waals surface area contributed by atoms with Gasteiger partial charge in [-0.05, 0) is 50.1 Å². The van der Waals surface area contributed by atoms with Gasteiger partial charge in [0, 0.05) is 13.0 Å². The molecule has 0 spiro atoms. The highest BCUT2D eigenvalue weighted by Gasteiger charge is 2.52. The molecular weight excluding hydrogens is 409 g/mol. The molecular formula is C22H23Cl2N3O2. The molecule has 0 aliphatic heterocycles. The number of para-hydroxylation sites is 2. The summed E-state index contributed by atoms with van der Waals surface area (Å²) in [6.07, 6.45) is 0.756. The van der Waals surface area contributed by atoms with Gasteiger partial charge in [-0.1, -0.05) is 24.3 Å². The van der Waals surface area contributed by atoms with Crippen LogP contribution in [0.3, 0.4) is 0 Å². The standard InChI is InChI=1S/C22H23Cl2N3O2/c1-21(2,29-15-10-8-14(9-11-15)16-12-22(16,23)24)20(28)25-13-19-26-17-6-4-5-7-18(17)27(19)3/h4-11,16H,12-13H2,1-3H3,(H,25,28)/t16-/m1/s1. The van der Waals surface area contributed by atoms with Crippen molar-refractivity contribution in [2.24, 2.45) is 7.05 Å². The minimum Gasteiger partial charge on any atom is -0.478 e. The van der Waals surface area contributed by atoms with E-state index in [2.05, 4.69) is 10.3 Å². The molecule has 1 atom stereocenters. The first-order valence-corrected chi connectivity index (χ1v) is 10.3. The lowest BCUT2D eigenvalue weighted by Crippen LogP contribution is -2.46. The SMILES string of the molecule is Cn1c(CNC(=O)C(C)(C)Oc2ccc([C@H]3CC3(Cl)Cl)cc2)nc2ccccc21. The van der Waals surface area contributed by atoms with Gasteiger partial charge in [-0.3, -0.25) is 4.79 Å². The summed E-state index contributed by atoms with van der Waals surface area (Å²) < 4.78 is 7.27. The molecule has 5 nitrogen and oxygen atoms in total. The Morgan fingerprint density at radius 3 is 2.52 bits per heavy atom. The van der Waals surface area contributed by atoms with Gasteiger partial charge in [-0.2, -0.15) is 0 Å². The molecule has 0 radical (unpaired) electrons. The minimum absolute atomic E-state index is 0.157. The molecule has 0 bridgehead atoms. The Bertz CT molecular complexity index is 1060. The third kappa shape index (κ3) is 4.07. The van der Waals surface area contributed by atoms with E-state index in [0.29, 0.717) is 12.3 Å². The van der Waals surface area contributed by atoms with Gasteiger partial charge in [0.1, 0.15) is 15.9 Å². The van der Waals surface area contributed by atoms with E-state index in [9.17, 15) is 4.79 Å². The molecule has 29 heavy (non-hydrogen) atoms. The summed E-state index contributed by atoms with van der Waals surface area (Å²) in [4.78, 5) is 17.3. The van der Waals surface area contributed by atoms with E-state index < -0.39 is 9.93 Å². The highest BCUT2D eigenvalue weighted by atomic mass is 35.5. The fourth-order valence-electron chi connectivity index (χ4n) is 3.41. The molecule has 2 aromatic carbocycles. The molecule has 1 saturated carbocycles. The number of nitrogens with zero attached hydrogens (tertiary/aromatic N) is 2. The molecule has 0 saturated heterocycles. The molecule has 3 aromatic rings. The predicted octanol–water partition coefficient (Wildman–Crippen LogP) is 4.71. The second-order valence-electron chi connectivity index (χ2n) is 7.96. The van der Waals surface area contributed by atoms with E-state index >= 15 is 0 Å². The molecule has 1 aromatic heterocycles. The van der Waals surface area contributed by atoms with Crippen molar-refractivity contribution in [3.05, 3.63) is 59.9 Å². The third-order valence-electron chi connectivity index (χ3n) is 5.32. The Morgan fingerprint density at radius 1 is 1.24 bits per heavy atom.